The summed E-state index contributed by atoms with van der Waals surface area (Å²) in [5, 5.41) is 16.8. The first kappa shape index (κ1) is 19.0. The number of rotatable bonds is 7. The van der Waals surface area contributed by atoms with E-state index < -0.39 is 0 Å². The van der Waals surface area contributed by atoms with Crippen molar-refractivity contribution < 1.29 is 9.90 Å². The van der Waals surface area contributed by atoms with Crippen LogP contribution in [0.25, 0.3) is 5.69 Å². The van der Waals surface area contributed by atoms with E-state index >= 15 is 0 Å². The third-order valence-corrected chi connectivity index (χ3v) is 3.99. The molecule has 6 heteroatoms. The van der Waals surface area contributed by atoms with Gasteiger partial charge in [0.1, 0.15) is 0 Å². The molecule has 2 amide bonds. The Morgan fingerprint density at radius 1 is 1.36 bits per heavy atom. The quantitative estimate of drug-likeness (QED) is 0.811. The largest absolute Gasteiger partial charge is 0.393 e. The third kappa shape index (κ3) is 5.90. The van der Waals surface area contributed by atoms with Crippen LogP contribution in [-0.2, 0) is 6.54 Å². The summed E-state index contributed by atoms with van der Waals surface area (Å²) in [6, 6.07) is 9.72. The molecule has 1 aromatic heterocycles. The summed E-state index contributed by atoms with van der Waals surface area (Å²) < 4.78 is 1.80. The summed E-state index contributed by atoms with van der Waals surface area (Å²) in [5.41, 5.74) is 1.80. The van der Waals surface area contributed by atoms with Gasteiger partial charge in [0.05, 0.1) is 24.5 Å². The van der Waals surface area contributed by atoms with Crippen molar-refractivity contribution in [3.63, 3.8) is 0 Å². The van der Waals surface area contributed by atoms with Crippen molar-refractivity contribution in [3.8, 4) is 5.69 Å². The maximum absolute atomic E-state index is 12.3. The molecule has 0 spiro atoms. The number of carbonyl (C=O) groups excluding carboxylic acids is 1. The highest BCUT2D eigenvalue weighted by Crippen LogP contribution is 2.21. The molecule has 1 unspecified atom stereocenters. The van der Waals surface area contributed by atoms with Crippen molar-refractivity contribution in [3.05, 3.63) is 48.3 Å². The van der Waals surface area contributed by atoms with E-state index in [-0.39, 0.29) is 17.6 Å². The SMILES string of the molecule is CC(O)CC(C)(C)CNC(=O)N(C)Cc1cnn(-c2ccccc2)c1. The van der Waals surface area contributed by atoms with Crippen molar-refractivity contribution >= 4 is 6.03 Å². The van der Waals surface area contributed by atoms with E-state index in [9.17, 15) is 9.90 Å². The topological polar surface area (TPSA) is 70.4 Å². The lowest BCUT2D eigenvalue weighted by Gasteiger charge is -2.27. The van der Waals surface area contributed by atoms with Gasteiger partial charge in [-0.3, -0.25) is 0 Å². The molecule has 0 saturated heterocycles. The number of carbonyl (C=O) groups is 1. The van der Waals surface area contributed by atoms with E-state index in [1.807, 2.05) is 50.4 Å². The third-order valence-electron chi connectivity index (χ3n) is 3.99. The van der Waals surface area contributed by atoms with E-state index in [0.717, 1.165) is 11.3 Å². The molecule has 25 heavy (non-hydrogen) atoms. The van der Waals surface area contributed by atoms with Gasteiger partial charge in [0.15, 0.2) is 0 Å². The molecule has 0 saturated carbocycles. The van der Waals surface area contributed by atoms with Crippen molar-refractivity contribution in [2.24, 2.45) is 5.41 Å². The predicted molar refractivity (Wildman–Crippen MR) is 98.5 cm³/mol. The molecule has 2 aromatic rings. The summed E-state index contributed by atoms with van der Waals surface area (Å²) in [7, 11) is 1.76. The van der Waals surface area contributed by atoms with Crippen molar-refractivity contribution in [1.29, 1.82) is 0 Å². The fourth-order valence-corrected chi connectivity index (χ4v) is 2.83. The standard InChI is InChI=1S/C19H28N4O2/c1-15(24)10-19(2,3)14-20-18(25)22(4)12-16-11-21-23(13-16)17-8-6-5-7-9-17/h5-9,11,13,15,24H,10,12,14H2,1-4H3,(H,20,25). The van der Waals surface area contributed by atoms with Gasteiger partial charge in [0.2, 0.25) is 0 Å². The summed E-state index contributed by atoms with van der Waals surface area (Å²) in [6.07, 6.45) is 3.96. The zero-order chi connectivity index (χ0) is 18.4. The zero-order valence-electron chi connectivity index (χ0n) is 15.4. The average Bonchev–Trinajstić information content (AvgIpc) is 3.01. The molecule has 0 bridgehead atoms. The Balaban J connectivity index is 1.88. The summed E-state index contributed by atoms with van der Waals surface area (Å²) in [5.74, 6) is 0. The Kier molecular flexibility index (Phi) is 6.20. The smallest absolute Gasteiger partial charge is 0.317 e. The molecular formula is C19H28N4O2. The summed E-state index contributed by atoms with van der Waals surface area (Å²) >= 11 is 0. The molecule has 2 rings (SSSR count). The van der Waals surface area contributed by atoms with Gasteiger partial charge in [-0.2, -0.15) is 5.10 Å². The fourth-order valence-electron chi connectivity index (χ4n) is 2.83. The molecule has 6 nitrogen and oxygen atoms in total. The van der Waals surface area contributed by atoms with Gasteiger partial charge in [-0.1, -0.05) is 32.0 Å². The lowest BCUT2D eigenvalue weighted by molar-refractivity contribution is 0.127. The Morgan fingerprint density at radius 3 is 2.68 bits per heavy atom. The fraction of sp³-hybridized carbons (Fsp3) is 0.474. The van der Waals surface area contributed by atoms with Gasteiger partial charge < -0.3 is 15.3 Å². The van der Waals surface area contributed by atoms with Crippen LogP contribution in [0.2, 0.25) is 0 Å². The predicted octanol–water partition coefficient (Wildman–Crippen LogP) is 2.81. The summed E-state index contributed by atoms with van der Waals surface area (Å²) in [4.78, 5) is 13.9. The van der Waals surface area contributed by atoms with Crippen LogP contribution in [0.15, 0.2) is 42.7 Å². The van der Waals surface area contributed by atoms with Gasteiger partial charge in [-0.05, 0) is 30.9 Å². The van der Waals surface area contributed by atoms with Gasteiger partial charge in [0.25, 0.3) is 0 Å². The zero-order valence-corrected chi connectivity index (χ0v) is 15.4. The Labute approximate surface area is 149 Å². The molecule has 1 atom stereocenters. The van der Waals surface area contributed by atoms with E-state index in [4.69, 9.17) is 0 Å². The number of urea groups is 1. The molecule has 0 aliphatic heterocycles. The lowest BCUT2D eigenvalue weighted by Crippen LogP contribution is -2.42. The van der Waals surface area contributed by atoms with Gasteiger partial charge in [0, 0.05) is 25.4 Å². The molecule has 0 radical (unpaired) electrons. The Morgan fingerprint density at radius 2 is 2.04 bits per heavy atom. The van der Waals surface area contributed by atoms with E-state index in [1.54, 1.807) is 29.7 Å². The minimum atomic E-state index is -0.381. The molecular weight excluding hydrogens is 316 g/mol. The van der Waals surface area contributed by atoms with Crippen LogP contribution in [0.3, 0.4) is 0 Å². The van der Waals surface area contributed by atoms with E-state index in [2.05, 4.69) is 10.4 Å². The van der Waals surface area contributed by atoms with Crippen LogP contribution in [-0.4, -0.2) is 45.5 Å². The van der Waals surface area contributed by atoms with E-state index in [0.29, 0.717) is 19.5 Å². The number of para-hydroxylation sites is 1. The number of nitrogens with one attached hydrogen (secondary N) is 1. The minimum absolute atomic E-state index is 0.133. The number of aromatic nitrogens is 2. The monoisotopic (exact) mass is 344 g/mol. The van der Waals surface area contributed by atoms with Crippen LogP contribution < -0.4 is 5.32 Å². The molecule has 0 fully saturated rings. The number of aliphatic hydroxyl groups excluding tert-OH is 1. The second-order valence-electron chi connectivity index (χ2n) is 7.36. The van der Waals surface area contributed by atoms with Gasteiger partial charge in [-0.15, -0.1) is 0 Å². The number of nitrogens with zero attached hydrogens (tertiary/aromatic N) is 3. The number of hydrogen-bond acceptors (Lipinski definition) is 3. The molecule has 0 aliphatic rings. The normalized spacial score (nSPS) is 12.7. The summed E-state index contributed by atoms with van der Waals surface area (Å²) in [6.45, 7) is 6.83. The number of amides is 2. The van der Waals surface area contributed by atoms with Crippen LogP contribution in [0.4, 0.5) is 4.79 Å². The van der Waals surface area contributed by atoms with Crippen LogP contribution in [0.5, 0.6) is 0 Å². The number of aliphatic hydroxyl groups is 1. The van der Waals surface area contributed by atoms with Crippen LogP contribution in [0, 0.1) is 5.41 Å². The average molecular weight is 344 g/mol. The second kappa shape index (κ2) is 8.16. The maximum atomic E-state index is 12.3. The molecule has 136 valence electrons. The first-order valence-corrected chi connectivity index (χ1v) is 8.53. The molecule has 0 aliphatic carbocycles. The highest BCUT2D eigenvalue weighted by molar-refractivity contribution is 5.73. The Hall–Kier alpha value is -2.34. The first-order valence-electron chi connectivity index (χ1n) is 8.53. The van der Waals surface area contributed by atoms with Crippen molar-refractivity contribution in [2.75, 3.05) is 13.6 Å². The minimum Gasteiger partial charge on any atom is -0.393 e. The Bertz CT molecular complexity index is 680. The number of hydrogen-bond donors (Lipinski definition) is 2. The molecule has 2 N–H and O–H groups in total. The van der Waals surface area contributed by atoms with Crippen molar-refractivity contribution in [1.82, 2.24) is 20.0 Å². The number of benzene rings is 1. The van der Waals surface area contributed by atoms with Crippen LogP contribution in [0.1, 0.15) is 32.8 Å². The molecule has 1 aromatic carbocycles. The second-order valence-corrected chi connectivity index (χ2v) is 7.36. The maximum Gasteiger partial charge on any atom is 0.317 e. The highest BCUT2D eigenvalue weighted by atomic mass is 16.3. The van der Waals surface area contributed by atoms with Crippen molar-refractivity contribution in [2.45, 2.75) is 39.8 Å². The first-order chi connectivity index (χ1) is 11.8. The molecule has 1 heterocycles. The van der Waals surface area contributed by atoms with Gasteiger partial charge in [-0.25, -0.2) is 9.48 Å². The lowest BCUT2D eigenvalue weighted by atomic mass is 9.87. The highest BCUT2D eigenvalue weighted by Gasteiger charge is 2.22. The van der Waals surface area contributed by atoms with Gasteiger partial charge >= 0.3 is 6.03 Å². The van der Waals surface area contributed by atoms with Crippen LogP contribution >= 0.6 is 0 Å². The van der Waals surface area contributed by atoms with E-state index in [1.165, 1.54) is 0 Å².